The molecule has 2 N–H and O–H groups in total. The topological polar surface area (TPSA) is 95.7 Å². The number of carboxylic acid groups (broad SMARTS) is 1. The first-order valence-electron chi connectivity index (χ1n) is 12.2. The van der Waals surface area contributed by atoms with E-state index in [0.29, 0.717) is 59.1 Å². The molecule has 0 bridgehead atoms. The van der Waals surface area contributed by atoms with Gasteiger partial charge < -0.3 is 10.0 Å². The third-order valence-electron chi connectivity index (χ3n) is 6.72. The second-order valence-corrected chi connectivity index (χ2v) is 10.5. The van der Waals surface area contributed by atoms with Crippen molar-refractivity contribution in [3.05, 3.63) is 64.4 Å². The van der Waals surface area contributed by atoms with E-state index in [1.807, 2.05) is 69.3 Å². The fraction of sp³-hybridized carbons (Fsp3) is 0.333. The standard InChI is InChI=1S/C27H28Cl2N6O2/c1-16(2)32-27(25(36)37)12-14-34(15-13-27)26-31-17(3)30-24-22(18-8-10-19(28)11-9-18)23(33-35(24)26)20-6-4-5-7-21(20)29/h4-11,16,32H,12-15H2,1-3H3,(H,36,37). The number of aliphatic carboxylic acids is 1. The first-order valence-corrected chi connectivity index (χ1v) is 13.0. The molecule has 192 valence electrons. The van der Waals surface area contributed by atoms with E-state index in [4.69, 9.17) is 38.3 Å². The van der Waals surface area contributed by atoms with Crippen LogP contribution in [0, 0.1) is 6.92 Å². The number of carbonyl (C=O) groups is 1. The molecule has 2 aromatic heterocycles. The van der Waals surface area contributed by atoms with Gasteiger partial charge in [0.25, 0.3) is 0 Å². The number of carboxylic acids is 1. The molecule has 1 aliphatic heterocycles. The number of fused-ring (bicyclic) bond motifs is 1. The molecule has 0 radical (unpaired) electrons. The molecule has 4 aromatic rings. The summed E-state index contributed by atoms with van der Waals surface area (Å²) in [6.07, 6.45) is 0.876. The fourth-order valence-electron chi connectivity index (χ4n) is 5.01. The summed E-state index contributed by atoms with van der Waals surface area (Å²) in [5, 5.41) is 19.5. The zero-order chi connectivity index (χ0) is 26.3. The summed E-state index contributed by atoms with van der Waals surface area (Å²) in [6, 6.07) is 15.2. The van der Waals surface area contributed by atoms with Crippen molar-refractivity contribution in [2.75, 3.05) is 18.0 Å². The SMILES string of the molecule is Cc1nc(N2CCC(NC(C)C)(C(=O)O)CC2)n2nc(-c3ccccc3Cl)c(-c3ccc(Cl)cc3)c2n1. The molecule has 1 fully saturated rings. The summed E-state index contributed by atoms with van der Waals surface area (Å²) in [5.74, 6) is 0.397. The summed E-state index contributed by atoms with van der Waals surface area (Å²) in [6.45, 7) is 6.80. The lowest BCUT2D eigenvalue weighted by Gasteiger charge is -2.40. The molecule has 0 amide bonds. The van der Waals surface area contributed by atoms with E-state index >= 15 is 0 Å². The van der Waals surface area contributed by atoms with Crippen LogP contribution in [0.2, 0.25) is 10.0 Å². The summed E-state index contributed by atoms with van der Waals surface area (Å²) >= 11 is 12.8. The van der Waals surface area contributed by atoms with Gasteiger partial charge in [0.15, 0.2) is 5.65 Å². The Hall–Kier alpha value is -3.20. The maximum atomic E-state index is 12.2. The summed E-state index contributed by atoms with van der Waals surface area (Å²) < 4.78 is 1.75. The van der Waals surface area contributed by atoms with Gasteiger partial charge in [-0.1, -0.05) is 53.5 Å². The van der Waals surface area contributed by atoms with Crippen molar-refractivity contribution < 1.29 is 9.90 Å². The van der Waals surface area contributed by atoms with Crippen LogP contribution in [-0.4, -0.2) is 55.3 Å². The smallest absolute Gasteiger partial charge is 0.324 e. The predicted octanol–water partition coefficient (Wildman–Crippen LogP) is 5.50. The molecule has 0 spiro atoms. The van der Waals surface area contributed by atoms with Crippen LogP contribution in [0.15, 0.2) is 48.5 Å². The maximum absolute atomic E-state index is 12.2. The minimum absolute atomic E-state index is 0.0573. The van der Waals surface area contributed by atoms with Gasteiger partial charge >= 0.3 is 5.97 Å². The number of anilines is 1. The zero-order valence-electron chi connectivity index (χ0n) is 20.9. The predicted molar refractivity (Wildman–Crippen MR) is 146 cm³/mol. The van der Waals surface area contributed by atoms with Crippen molar-refractivity contribution in [3.63, 3.8) is 0 Å². The molecule has 8 nitrogen and oxygen atoms in total. The lowest BCUT2D eigenvalue weighted by molar-refractivity contribution is -0.146. The van der Waals surface area contributed by atoms with Gasteiger partial charge in [0.05, 0.1) is 10.6 Å². The Morgan fingerprint density at radius 3 is 2.35 bits per heavy atom. The van der Waals surface area contributed by atoms with Gasteiger partial charge in [0.1, 0.15) is 17.1 Å². The van der Waals surface area contributed by atoms with Crippen LogP contribution in [0.25, 0.3) is 28.0 Å². The second-order valence-electron chi connectivity index (χ2n) is 9.69. The summed E-state index contributed by atoms with van der Waals surface area (Å²) in [5.41, 5.74) is 2.89. The molecule has 0 atom stereocenters. The molecule has 0 unspecified atom stereocenters. The molecule has 10 heteroatoms. The van der Waals surface area contributed by atoms with Crippen LogP contribution in [0.3, 0.4) is 0 Å². The summed E-state index contributed by atoms with van der Waals surface area (Å²) in [7, 11) is 0. The number of nitrogens with one attached hydrogen (secondary N) is 1. The van der Waals surface area contributed by atoms with Crippen molar-refractivity contribution in [2.45, 2.75) is 45.2 Å². The van der Waals surface area contributed by atoms with Gasteiger partial charge in [-0.3, -0.25) is 10.1 Å². The van der Waals surface area contributed by atoms with E-state index in [0.717, 1.165) is 16.7 Å². The van der Waals surface area contributed by atoms with Gasteiger partial charge in [-0.2, -0.15) is 14.6 Å². The molecule has 0 saturated carbocycles. The van der Waals surface area contributed by atoms with Gasteiger partial charge in [0, 0.05) is 29.7 Å². The van der Waals surface area contributed by atoms with E-state index in [1.165, 1.54) is 0 Å². The number of benzene rings is 2. The van der Waals surface area contributed by atoms with E-state index in [-0.39, 0.29) is 6.04 Å². The highest BCUT2D eigenvalue weighted by molar-refractivity contribution is 6.33. The van der Waals surface area contributed by atoms with Crippen molar-refractivity contribution >= 4 is 40.8 Å². The highest BCUT2D eigenvalue weighted by Gasteiger charge is 2.42. The third-order valence-corrected chi connectivity index (χ3v) is 7.30. The van der Waals surface area contributed by atoms with Crippen molar-refractivity contribution in [2.24, 2.45) is 0 Å². The molecule has 37 heavy (non-hydrogen) atoms. The molecular weight excluding hydrogens is 511 g/mol. The maximum Gasteiger partial charge on any atom is 0.324 e. The Labute approximate surface area is 225 Å². The average molecular weight is 539 g/mol. The van der Waals surface area contributed by atoms with E-state index in [9.17, 15) is 9.90 Å². The van der Waals surface area contributed by atoms with Gasteiger partial charge in [-0.05, 0) is 57.4 Å². The third kappa shape index (κ3) is 4.77. The summed E-state index contributed by atoms with van der Waals surface area (Å²) in [4.78, 5) is 23.8. The Balaban J connectivity index is 1.65. The number of aryl methyl sites for hydroxylation is 1. The molecule has 1 aliphatic rings. The minimum Gasteiger partial charge on any atom is -0.480 e. The minimum atomic E-state index is -0.965. The van der Waals surface area contributed by atoms with E-state index in [2.05, 4.69) is 10.2 Å². The van der Waals surface area contributed by atoms with Crippen LogP contribution in [0.1, 0.15) is 32.5 Å². The first-order chi connectivity index (χ1) is 17.7. The Morgan fingerprint density at radius 1 is 1.05 bits per heavy atom. The van der Waals surface area contributed by atoms with Crippen LogP contribution >= 0.6 is 23.2 Å². The molecule has 2 aromatic carbocycles. The number of halogens is 2. The van der Waals surface area contributed by atoms with Crippen LogP contribution in [-0.2, 0) is 4.79 Å². The molecule has 3 heterocycles. The largest absolute Gasteiger partial charge is 0.480 e. The molecule has 0 aliphatic carbocycles. The zero-order valence-corrected chi connectivity index (χ0v) is 22.4. The Bertz CT molecular complexity index is 1460. The number of rotatable bonds is 6. The average Bonchev–Trinajstić information content (AvgIpc) is 3.23. The van der Waals surface area contributed by atoms with E-state index in [1.54, 1.807) is 4.52 Å². The quantitative estimate of drug-likeness (QED) is 0.334. The highest BCUT2D eigenvalue weighted by Crippen LogP contribution is 2.39. The van der Waals surface area contributed by atoms with Crippen LogP contribution in [0.5, 0.6) is 0 Å². The monoisotopic (exact) mass is 538 g/mol. The molecule has 1 saturated heterocycles. The fourth-order valence-corrected chi connectivity index (χ4v) is 5.36. The number of aromatic nitrogens is 4. The van der Waals surface area contributed by atoms with Gasteiger partial charge in [-0.15, -0.1) is 0 Å². The lowest BCUT2D eigenvalue weighted by Crippen LogP contribution is -2.60. The molecular formula is C27H28Cl2N6O2. The van der Waals surface area contributed by atoms with Gasteiger partial charge in [-0.25, -0.2) is 4.98 Å². The lowest BCUT2D eigenvalue weighted by atomic mass is 9.87. The number of nitrogens with zero attached hydrogens (tertiary/aromatic N) is 5. The van der Waals surface area contributed by atoms with E-state index < -0.39 is 11.5 Å². The highest BCUT2D eigenvalue weighted by atomic mass is 35.5. The van der Waals surface area contributed by atoms with Crippen LogP contribution in [0.4, 0.5) is 5.95 Å². The first kappa shape index (κ1) is 25.4. The van der Waals surface area contributed by atoms with Gasteiger partial charge in [0.2, 0.25) is 5.95 Å². The number of piperidine rings is 1. The Morgan fingerprint density at radius 2 is 1.73 bits per heavy atom. The number of hydrogen-bond acceptors (Lipinski definition) is 6. The normalized spacial score (nSPS) is 15.5. The Kier molecular flexibility index (Phi) is 6.83. The van der Waals surface area contributed by atoms with Crippen molar-refractivity contribution in [1.29, 1.82) is 0 Å². The van der Waals surface area contributed by atoms with Crippen molar-refractivity contribution in [3.8, 4) is 22.4 Å². The van der Waals surface area contributed by atoms with Crippen LogP contribution < -0.4 is 10.2 Å². The van der Waals surface area contributed by atoms with Crippen molar-refractivity contribution in [1.82, 2.24) is 24.9 Å². The number of hydrogen-bond donors (Lipinski definition) is 2. The second kappa shape index (κ2) is 9.93. The molecule has 5 rings (SSSR count).